The molecule has 1 aromatic carbocycles. The molecule has 0 aliphatic heterocycles. The molecule has 0 spiro atoms. The van der Waals surface area contributed by atoms with Gasteiger partial charge in [0.15, 0.2) is 5.96 Å². The first kappa shape index (κ1) is 21.2. The van der Waals surface area contributed by atoms with E-state index in [1.54, 1.807) is 4.68 Å². The van der Waals surface area contributed by atoms with Crippen molar-refractivity contribution in [3.8, 4) is 5.75 Å². The third-order valence-corrected chi connectivity index (χ3v) is 3.39. The molecule has 0 amide bonds. The quantitative estimate of drug-likeness (QED) is 0.288. The van der Waals surface area contributed by atoms with Crippen molar-refractivity contribution < 1.29 is 4.74 Å². The highest BCUT2D eigenvalue weighted by Gasteiger charge is 2.02. The average molecular weight is 458 g/mol. The first-order valence-electron chi connectivity index (χ1n) is 8.14. The summed E-state index contributed by atoms with van der Waals surface area (Å²) < 4.78 is 7.51. The minimum atomic E-state index is 0. The summed E-state index contributed by atoms with van der Waals surface area (Å²) >= 11 is 0. The van der Waals surface area contributed by atoms with Gasteiger partial charge in [-0.3, -0.25) is 4.68 Å². The molecular formula is C17H27IN6O. The summed E-state index contributed by atoms with van der Waals surface area (Å²) in [4.78, 5) is 8.67. The molecule has 0 radical (unpaired) electrons. The summed E-state index contributed by atoms with van der Waals surface area (Å²) in [6, 6.07) is 6.22. The summed E-state index contributed by atoms with van der Waals surface area (Å²) in [6.07, 6.45) is 1.53. The van der Waals surface area contributed by atoms with Crippen molar-refractivity contribution in [3.63, 3.8) is 0 Å². The molecule has 0 unspecified atom stereocenters. The zero-order valence-corrected chi connectivity index (χ0v) is 17.6. The SMILES string of the molecule is CCNC(=NCc1ncnn1C)NCCOc1cc(C)cc(C)c1.I. The Balaban J connectivity index is 0.00000312. The first-order valence-corrected chi connectivity index (χ1v) is 8.14. The molecule has 0 saturated carbocycles. The van der Waals surface area contributed by atoms with Gasteiger partial charge < -0.3 is 15.4 Å². The van der Waals surface area contributed by atoms with Crippen LogP contribution in [-0.2, 0) is 13.6 Å². The van der Waals surface area contributed by atoms with Gasteiger partial charge in [-0.1, -0.05) is 6.07 Å². The van der Waals surface area contributed by atoms with Crippen LogP contribution in [0.3, 0.4) is 0 Å². The molecule has 0 aliphatic rings. The van der Waals surface area contributed by atoms with Crippen molar-refractivity contribution in [2.75, 3.05) is 19.7 Å². The Labute approximate surface area is 166 Å². The number of hydrogen-bond acceptors (Lipinski definition) is 4. The van der Waals surface area contributed by atoms with Gasteiger partial charge in [-0.25, -0.2) is 9.98 Å². The van der Waals surface area contributed by atoms with Gasteiger partial charge in [-0.2, -0.15) is 5.10 Å². The summed E-state index contributed by atoms with van der Waals surface area (Å²) in [6.45, 7) is 8.67. The van der Waals surface area contributed by atoms with Gasteiger partial charge in [0.25, 0.3) is 0 Å². The molecule has 2 N–H and O–H groups in total. The second-order valence-electron chi connectivity index (χ2n) is 5.59. The van der Waals surface area contributed by atoms with E-state index in [9.17, 15) is 0 Å². The predicted molar refractivity (Wildman–Crippen MR) is 111 cm³/mol. The number of guanidine groups is 1. The van der Waals surface area contributed by atoms with E-state index in [1.165, 1.54) is 17.5 Å². The van der Waals surface area contributed by atoms with Crippen LogP contribution >= 0.6 is 24.0 Å². The Hall–Kier alpha value is -1.84. The van der Waals surface area contributed by atoms with E-state index in [0.29, 0.717) is 19.7 Å². The van der Waals surface area contributed by atoms with Gasteiger partial charge in [-0.15, -0.1) is 24.0 Å². The van der Waals surface area contributed by atoms with Crippen LogP contribution in [0.4, 0.5) is 0 Å². The zero-order chi connectivity index (χ0) is 17.4. The molecule has 25 heavy (non-hydrogen) atoms. The lowest BCUT2D eigenvalue weighted by molar-refractivity contribution is 0.321. The van der Waals surface area contributed by atoms with Crippen LogP contribution in [0.1, 0.15) is 23.9 Å². The van der Waals surface area contributed by atoms with Crippen LogP contribution in [0.15, 0.2) is 29.5 Å². The normalized spacial score (nSPS) is 11.0. The minimum Gasteiger partial charge on any atom is -0.492 e. The van der Waals surface area contributed by atoms with E-state index < -0.39 is 0 Å². The average Bonchev–Trinajstić information content (AvgIpc) is 2.93. The van der Waals surface area contributed by atoms with Crippen LogP contribution in [0, 0.1) is 13.8 Å². The lowest BCUT2D eigenvalue weighted by Crippen LogP contribution is -2.39. The maximum absolute atomic E-state index is 5.79. The molecule has 1 aromatic heterocycles. The minimum absolute atomic E-state index is 0. The van der Waals surface area contributed by atoms with Gasteiger partial charge in [-0.05, 0) is 44.0 Å². The van der Waals surface area contributed by atoms with Gasteiger partial charge in [0.1, 0.15) is 31.1 Å². The maximum atomic E-state index is 5.79. The van der Waals surface area contributed by atoms with E-state index in [-0.39, 0.29) is 24.0 Å². The van der Waals surface area contributed by atoms with Gasteiger partial charge in [0.2, 0.25) is 0 Å². The highest BCUT2D eigenvalue weighted by atomic mass is 127. The Kier molecular flexibility index (Phi) is 9.25. The molecular weight excluding hydrogens is 431 g/mol. The fourth-order valence-corrected chi connectivity index (χ4v) is 2.31. The molecule has 8 heteroatoms. The number of halogens is 1. The summed E-state index contributed by atoms with van der Waals surface area (Å²) in [5.41, 5.74) is 2.41. The lowest BCUT2D eigenvalue weighted by Gasteiger charge is -2.12. The van der Waals surface area contributed by atoms with Crippen LogP contribution in [0.5, 0.6) is 5.75 Å². The Bertz CT molecular complexity index is 665. The number of aliphatic imine (C=N–C) groups is 1. The number of hydrogen-bond donors (Lipinski definition) is 2. The monoisotopic (exact) mass is 458 g/mol. The Morgan fingerprint density at radius 3 is 2.52 bits per heavy atom. The second-order valence-corrected chi connectivity index (χ2v) is 5.59. The highest BCUT2D eigenvalue weighted by molar-refractivity contribution is 14.0. The van der Waals surface area contributed by atoms with E-state index >= 15 is 0 Å². The van der Waals surface area contributed by atoms with Crippen molar-refractivity contribution in [2.24, 2.45) is 12.0 Å². The Morgan fingerprint density at radius 2 is 1.92 bits per heavy atom. The van der Waals surface area contributed by atoms with Crippen LogP contribution < -0.4 is 15.4 Å². The van der Waals surface area contributed by atoms with E-state index in [1.807, 2.05) is 26.1 Å². The summed E-state index contributed by atoms with van der Waals surface area (Å²) in [5, 5.41) is 10.5. The van der Waals surface area contributed by atoms with Gasteiger partial charge >= 0.3 is 0 Å². The van der Waals surface area contributed by atoms with Crippen molar-refractivity contribution in [1.29, 1.82) is 0 Å². The van der Waals surface area contributed by atoms with E-state index in [4.69, 9.17) is 4.74 Å². The molecule has 138 valence electrons. The molecule has 1 heterocycles. The Morgan fingerprint density at radius 1 is 1.20 bits per heavy atom. The fraction of sp³-hybridized carbons (Fsp3) is 0.471. The molecule has 7 nitrogen and oxygen atoms in total. The lowest BCUT2D eigenvalue weighted by atomic mass is 10.1. The summed E-state index contributed by atoms with van der Waals surface area (Å²) in [5.74, 6) is 2.46. The van der Waals surface area contributed by atoms with Crippen molar-refractivity contribution in [1.82, 2.24) is 25.4 Å². The van der Waals surface area contributed by atoms with Crippen LogP contribution in [0.2, 0.25) is 0 Å². The molecule has 0 fully saturated rings. The van der Waals surface area contributed by atoms with Crippen molar-refractivity contribution >= 4 is 29.9 Å². The standard InChI is InChI=1S/C17H26N6O.HI/c1-5-18-17(20-11-16-21-12-22-23(16)4)19-6-7-24-15-9-13(2)8-14(3)10-15;/h8-10,12H,5-7,11H2,1-4H3,(H2,18,19,20);1H. The largest absolute Gasteiger partial charge is 0.492 e. The van der Waals surface area contributed by atoms with E-state index in [2.05, 4.69) is 45.6 Å². The van der Waals surface area contributed by atoms with Crippen LogP contribution in [-0.4, -0.2) is 40.4 Å². The summed E-state index contributed by atoms with van der Waals surface area (Å²) in [7, 11) is 1.86. The van der Waals surface area contributed by atoms with E-state index in [0.717, 1.165) is 24.1 Å². The molecule has 0 bridgehead atoms. The molecule has 2 rings (SSSR count). The smallest absolute Gasteiger partial charge is 0.191 e. The molecule has 0 saturated heterocycles. The number of rotatable bonds is 7. The van der Waals surface area contributed by atoms with Gasteiger partial charge in [0, 0.05) is 13.6 Å². The van der Waals surface area contributed by atoms with Crippen LogP contribution in [0.25, 0.3) is 0 Å². The number of aryl methyl sites for hydroxylation is 3. The highest BCUT2D eigenvalue weighted by Crippen LogP contribution is 2.15. The third-order valence-electron chi connectivity index (χ3n) is 3.39. The van der Waals surface area contributed by atoms with Crippen molar-refractivity contribution in [2.45, 2.75) is 27.3 Å². The zero-order valence-electron chi connectivity index (χ0n) is 15.2. The number of aromatic nitrogens is 3. The molecule has 0 aliphatic carbocycles. The number of benzene rings is 1. The number of nitrogens with one attached hydrogen (secondary N) is 2. The van der Waals surface area contributed by atoms with Gasteiger partial charge in [0.05, 0.1) is 6.54 Å². The first-order chi connectivity index (χ1) is 11.6. The number of ether oxygens (including phenoxy) is 1. The number of nitrogens with zero attached hydrogens (tertiary/aromatic N) is 4. The predicted octanol–water partition coefficient (Wildman–Crippen LogP) is 2.18. The molecule has 2 aromatic rings. The maximum Gasteiger partial charge on any atom is 0.191 e. The fourth-order valence-electron chi connectivity index (χ4n) is 2.31. The van der Waals surface area contributed by atoms with Crippen molar-refractivity contribution in [3.05, 3.63) is 41.5 Å². The molecule has 0 atom stereocenters. The second kappa shape index (κ2) is 10.9. The topological polar surface area (TPSA) is 76.4 Å². The third kappa shape index (κ3) is 7.29.